The van der Waals surface area contributed by atoms with Crippen LogP contribution in [-0.2, 0) is 20.9 Å². The normalized spacial score (nSPS) is 18.3. The summed E-state index contributed by atoms with van der Waals surface area (Å²) in [6, 6.07) is 13.2. The van der Waals surface area contributed by atoms with Gasteiger partial charge in [0, 0.05) is 24.7 Å². The lowest BCUT2D eigenvalue weighted by Gasteiger charge is -2.22. The minimum absolute atomic E-state index is 0.108. The Kier molecular flexibility index (Phi) is 4.55. The molecule has 0 bridgehead atoms. The van der Waals surface area contributed by atoms with Crippen molar-refractivity contribution in [2.24, 2.45) is 5.92 Å². The zero-order chi connectivity index (χ0) is 19.8. The number of carbonyl (C=O) groups is 2. The van der Waals surface area contributed by atoms with E-state index in [1.165, 1.54) is 11.3 Å². The van der Waals surface area contributed by atoms with Gasteiger partial charge in [-0.15, -0.1) is 11.3 Å². The van der Waals surface area contributed by atoms with Gasteiger partial charge >= 0.3 is 5.97 Å². The van der Waals surface area contributed by atoms with Crippen LogP contribution in [0.25, 0.3) is 10.2 Å². The summed E-state index contributed by atoms with van der Waals surface area (Å²) in [5, 5.41) is 0.743. The second-order valence-corrected chi connectivity index (χ2v) is 8.03. The van der Waals surface area contributed by atoms with Crippen molar-refractivity contribution in [1.82, 2.24) is 4.98 Å². The Morgan fingerprint density at radius 3 is 2.86 bits per heavy atom. The molecule has 2 aromatic carbocycles. The molecule has 0 saturated carbocycles. The van der Waals surface area contributed by atoms with Crippen molar-refractivity contribution in [3.63, 3.8) is 0 Å². The van der Waals surface area contributed by atoms with Gasteiger partial charge in [-0.2, -0.15) is 0 Å². The summed E-state index contributed by atoms with van der Waals surface area (Å²) < 4.78 is 17.6. The molecule has 0 aliphatic carbocycles. The number of para-hydroxylation sites is 1. The number of carbonyl (C=O) groups excluding carboxylic acids is 2. The standard InChI is InChI=1S/C21H18N2O5S/c24-20-9-13(11-23(20)14-5-6-16-17(10-14)27-8-7-26-16)21(25)28-12-19-22-15-3-1-2-4-18(15)29-19/h1-6,10,13H,7-9,11-12H2. The summed E-state index contributed by atoms with van der Waals surface area (Å²) in [6.45, 7) is 1.40. The average Bonchev–Trinajstić information content (AvgIpc) is 3.35. The lowest BCUT2D eigenvalue weighted by molar-refractivity contribution is -0.149. The first-order chi connectivity index (χ1) is 14.2. The molecular weight excluding hydrogens is 392 g/mol. The van der Waals surface area contributed by atoms with E-state index in [-0.39, 0.29) is 31.4 Å². The number of hydrogen-bond donors (Lipinski definition) is 0. The second kappa shape index (κ2) is 7.36. The lowest BCUT2D eigenvalue weighted by atomic mass is 10.1. The van der Waals surface area contributed by atoms with Crippen LogP contribution in [0.1, 0.15) is 11.4 Å². The van der Waals surface area contributed by atoms with Gasteiger partial charge in [0.25, 0.3) is 0 Å². The Morgan fingerprint density at radius 2 is 2.00 bits per heavy atom. The third kappa shape index (κ3) is 3.51. The van der Waals surface area contributed by atoms with Crippen LogP contribution in [0.2, 0.25) is 0 Å². The topological polar surface area (TPSA) is 78.0 Å². The second-order valence-electron chi connectivity index (χ2n) is 6.92. The SMILES string of the molecule is O=C(OCc1nc2ccccc2s1)C1CC(=O)N(c2ccc3c(c2)OCCO3)C1. The van der Waals surface area contributed by atoms with E-state index in [4.69, 9.17) is 14.2 Å². The number of amides is 1. The van der Waals surface area contributed by atoms with E-state index in [0.29, 0.717) is 30.4 Å². The van der Waals surface area contributed by atoms with Crippen molar-refractivity contribution in [3.8, 4) is 11.5 Å². The molecule has 0 N–H and O–H groups in total. The van der Waals surface area contributed by atoms with E-state index in [0.717, 1.165) is 15.2 Å². The van der Waals surface area contributed by atoms with E-state index in [9.17, 15) is 9.59 Å². The summed E-state index contributed by atoms with van der Waals surface area (Å²) in [5.74, 6) is 0.299. The van der Waals surface area contributed by atoms with Crippen LogP contribution in [-0.4, -0.2) is 36.6 Å². The number of fused-ring (bicyclic) bond motifs is 2. The first-order valence-electron chi connectivity index (χ1n) is 9.38. The number of aromatic nitrogens is 1. The number of hydrogen-bond acceptors (Lipinski definition) is 7. The van der Waals surface area contributed by atoms with E-state index in [1.54, 1.807) is 23.1 Å². The van der Waals surface area contributed by atoms with Crippen molar-refractivity contribution < 1.29 is 23.8 Å². The van der Waals surface area contributed by atoms with Crippen molar-refractivity contribution in [3.05, 3.63) is 47.5 Å². The molecule has 29 heavy (non-hydrogen) atoms. The molecule has 1 aromatic heterocycles. The van der Waals surface area contributed by atoms with Crippen molar-refractivity contribution in [2.45, 2.75) is 13.0 Å². The number of anilines is 1. The van der Waals surface area contributed by atoms with E-state index < -0.39 is 5.92 Å². The Hall–Kier alpha value is -3.13. The van der Waals surface area contributed by atoms with Gasteiger partial charge in [-0.05, 0) is 24.3 Å². The molecule has 148 valence electrons. The number of ether oxygens (including phenoxy) is 3. The molecule has 0 radical (unpaired) electrons. The molecule has 0 spiro atoms. The number of nitrogens with zero attached hydrogens (tertiary/aromatic N) is 2. The molecule has 3 aromatic rings. The van der Waals surface area contributed by atoms with Crippen LogP contribution in [0, 0.1) is 5.92 Å². The van der Waals surface area contributed by atoms with Crippen LogP contribution in [0.15, 0.2) is 42.5 Å². The molecule has 1 amide bonds. The number of rotatable bonds is 4. The molecule has 1 fully saturated rings. The zero-order valence-corrected chi connectivity index (χ0v) is 16.3. The Labute approximate surface area is 170 Å². The van der Waals surface area contributed by atoms with Gasteiger partial charge in [0.2, 0.25) is 5.91 Å². The first-order valence-corrected chi connectivity index (χ1v) is 10.2. The fourth-order valence-corrected chi connectivity index (χ4v) is 4.43. The molecule has 2 aliphatic rings. The number of benzene rings is 2. The predicted octanol–water partition coefficient (Wildman–Crippen LogP) is 3.16. The highest BCUT2D eigenvalue weighted by atomic mass is 32.1. The monoisotopic (exact) mass is 410 g/mol. The minimum Gasteiger partial charge on any atom is -0.486 e. The van der Waals surface area contributed by atoms with Gasteiger partial charge in [-0.1, -0.05) is 12.1 Å². The maximum absolute atomic E-state index is 12.5. The summed E-state index contributed by atoms with van der Waals surface area (Å²) in [7, 11) is 0. The molecule has 1 unspecified atom stereocenters. The van der Waals surface area contributed by atoms with Crippen LogP contribution in [0.5, 0.6) is 11.5 Å². The third-order valence-electron chi connectivity index (χ3n) is 4.97. The molecule has 2 aliphatic heterocycles. The quantitative estimate of drug-likeness (QED) is 0.615. The maximum Gasteiger partial charge on any atom is 0.311 e. The molecule has 1 atom stereocenters. The molecule has 5 rings (SSSR count). The number of esters is 1. The van der Waals surface area contributed by atoms with Crippen LogP contribution >= 0.6 is 11.3 Å². The van der Waals surface area contributed by atoms with Crippen molar-refractivity contribution in [2.75, 3.05) is 24.7 Å². The van der Waals surface area contributed by atoms with Crippen molar-refractivity contribution in [1.29, 1.82) is 0 Å². The van der Waals surface area contributed by atoms with E-state index >= 15 is 0 Å². The highest BCUT2D eigenvalue weighted by Gasteiger charge is 2.36. The highest BCUT2D eigenvalue weighted by Crippen LogP contribution is 2.36. The Balaban J connectivity index is 1.24. The summed E-state index contributed by atoms with van der Waals surface area (Å²) in [5.41, 5.74) is 1.59. The third-order valence-corrected chi connectivity index (χ3v) is 5.98. The molecular formula is C21H18N2O5S. The maximum atomic E-state index is 12.5. The fraction of sp³-hybridized carbons (Fsp3) is 0.286. The summed E-state index contributed by atoms with van der Waals surface area (Å²) >= 11 is 1.50. The highest BCUT2D eigenvalue weighted by molar-refractivity contribution is 7.18. The first kappa shape index (κ1) is 17.9. The van der Waals surface area contributed by atoms with Gasteiger partial charge in [-0.3, -0.25) is 9.59 Å². The predicted molar refractivity (Wildman–Crippen MR) is 107 cm³/mol. The Bertz CT molecular complexity index is 1060. The molecule has 3 heterocycles. The molecule has 7 nitrogen and oxygen atoms in total. The lowest BCUT2D eigenvalue weighted by Crippen LogP contribution is -2.26. The van der Waals surface area contributed by atoms with E-state index in [1.807, 2.05) is 24.3 Å². The average molecular weight is 410 g/mol. The van der Waals surface area contributed by atoms with Gasteiger partial charge in [0.1, 0.15) is 24.8 Å². The summed E-state index contributed by atoms with van der Waals surface area (Å²) in [4.78, 5) is 31.1. The Morgan fingerprint density at radius 1 is 1.17 bits per heavy atom. The van der Waals surface area contributed by atoms with Gasteiger partial charge < -0.3 is 19.1 Å². The smallest absolute Gasteiger partial charge is 0.311 e. The van der Waals surface area contributed by atoms with Crippen molar-refractivity contribution >= 4 is 39.1 Å². The van der Waals surface area contributed by atoms with Gasteiger partial charge in [0.15, 0.2) is 11.5 Å². The number of thiazole rings is 1. The molecule has 1 saturated heterocycles. The fourth-order valence-electron chi connectivity index (χ4n) is 3.55. The minimum atomic E-state index is -0.495. The van der Waals surface area contributed by atoms with Gasteiger partial charge in [-0.25, -0.2) is 4.98 Å². The van der Waals surface area contributed by atoms with Gasteiger partial charge in [0.05, 0.1) is 16.1 Å². The van der Waals surface area contributed by atoms with E-state index in [2.05, 4.69) is 4.98 Å². The molecule has 8 heteroatoms. The summed E-state index contributed by atoms with van der Waals surface area (Å²) in [6.07, 6.45) is 0.132. The van der Waals surface area contributed by atoms with Crippen LogP contribution in [0.4, 0.5) is 5.69 Å². The van der Waals surface area contributed by atoms with Crippen LogP contribution < -0.4 is 14.4 Å². The largest absolute Gasteiger partial charge is 0.486 e. The van der Waals surface area contributed by atoms with Crippen LogP contribution in [0.3, 0.4) is 0 Å². The zero-order valence-electron chi connectivity index (χ0n) is 15.5.